The van der Waals surface area contributed by atoms with Crippen LogP contribution in [0.25, 0.3) is 0 Å². The summed E-state index contributed by atoms with van der Waals surface area (Å²) in [5, 5.41) is 2.92. The molecule has 0 aliphatic heterocycles. The molecular weight excluding hydrogens is 400 g/mol. The molecule has 2 aromatic rings. The van der Waals surface area contributed by atoms with E-state index in [1.807, 2.05) is 26.8 Å². The second-order valence-electron chi connectivity index (χ2n) is 7.97. The highest BCUT2D eigenvalue weighted by molar-refractivity contribution is 7.89. The van der Waals surface area contributed by atoms with Crippen molar-refractivity contribution in [3.8, 4) is 5.75 Å². The molecule has 164 valence electrons. The summed E-state index contributed by atoms with van der Waals surface area (Å²) in [5.41, 5.74) is 4.03. The van der Waals surface area contributed by atoms with Gasteiger partial charge in [0.05, 0.1) is 24.6 Å². The van der Waals surface area contributed by atoms with Gasteiger partial charge in [-0.2, -0.15) is 4.31 Å². The smallest absolute Gasteiger partial charge is 0.243 e. The Kier molecular flexibility index (Phi) is 7.66. The van der Waals surface area contributed by atoms with Gasteiger partial charge in [0.15, 0.2) is 0 Å². The first-order valence-corrected chi connectivity index (χ1v) is 11.4. The lowest BCUT2D eigenvalue weighted by Gasteiger charge is -2.22. The van der Waals surface area contributed by atoms with E-state index in [4.69, 9.17) is 4.74 Å². The van der Waals surface area contributed by atoms with Crippen LogP contribution in [0.15, 0.2) is 41.3 Å². The molecule has 2 aromatic carbocycles. The Balaban J connectivity index is 2.14. The van der Waals surface area contributed by atoms with Crippen molar-refractivity contribution in [1.29, 1.82) is 0 Å². The average Bonchev–Trinajstić information content (AvgIpc) is 2.67. The third-order valence-electron chi connectivity index (χ3n) is 5.18. The predicted molar refractivity (Wildman–Crippen MR) is 119 cm³/mol. The lowest BCUT2D eigenvalue weighted by molar-refractivity contribution is -0.121. The molecule has 6 nitrogen and oxygen atoms in total. The van der Waals surface area contributed by atoms with Crippen LogP contribution in [0.3, 0.4) is 0 Å². The molecule has 1 amide bonds. The van der Waals surface area contributed by atoms with Crippen LogP contribution >= 0.6 is 0 Å². The summed E-state index contributed by atoms with van der Waals surface area (Å²) >= 11 is 0. The number of rotatable bonds is 8. The number of nitrogens with one attached hydrogen (secondary N) is 1. The van der Waals surface area contributed by atoms with Crippen LogP contribution in [0.2, 0.25) is 0 Å². The fourth-order valence-electron chi connectivity index (χ4n) is 3.35. The molecule has 1 unspecified atom stereocenters. The second kappa shape index (κ2) is 9.62. The van der Waals surface area contributed by atoms with Gasteiger partial charge in [-0.15, -0.1) is 0 Å². The summed E-state index contributed by atoms with van der Waals surface area (Å²) in [6, 6.07) is 10.3. The minimum Gasteiger partial charge on any atom is -0.496 e. The Hall–Kier alpha value is -2.38. The lowest BCUT2D eigenvalue weighted by atomic mass is 9.93. The number of carbonyl (C=O) groups is 1. The van der Waals surface area contributed by atoms with E-state index in [2.05, 4.69) is 25.2 Å². The van der Waals surface area contributed by atoms with E-state index in [1.165, 1.54) is 7.05 Å². The van der Waals surface area contributed by atoms with Crippen LogP contribution in [-0.2, 0) is 14.8 Å². The number of amides is 1. The maximum Gasteiger partial charge on any atom is 0.243 e. The number of sulfonamides is 1. The highest BCUT2D eigenvalue weighted by Crippen LogP contribution is 2.32. The average molecular weight is 433 g/mol. The van der Waals surface area contributed by atoms with E-state index in [0.717, 1.165) is 32.3 Å². The Labute approximate surface area is 180 Å². The fraction of sp³-hybridized carbons (Fsp3) is 0.435. The van der Waals surface area contributed by atoms with Gasteiger partial charge < -0.3 is 10.1 Å². The summed E-state index contributed by atoms with van der Waals surface area (Å²) in [6.45, 7) is 9.67. The monoisotopic (exact) mass is 432 g/mol. The Morgan fingerprint density at radius 3 is 2.20 bits per heavy atom. The third-order valence-corrected chi connectivity index (χ3v) is 7.00. The number of benzene rings is 2. The highest BCUT2D eigenvalue weighted by atomic mass is 32.2. The zero-order valence-corrected chi connectivity index (χ0v) is 19.6. The normalized spacial score (nSPS) is 12.8. The maximum absolute atomic E-state index is 12.7. The van der Waals surface area contributed by atoms with Crippen molar-refractivity contribution in [3.63, 3.8) is 0 Å². The zero-order chi connectivity index (χ0) is 22.6. The molecule has 2 rings (SSSR count). The number of hydrogen-bond donors (Lipinski definition) is 1. The summed E-state index contributed by atoms with van der Waals surface area (Å²) in [7, 11) is -0.670. The van der Waals surface area contributed by atoms with Crippen molar-refractivity contribution in [2.75, 3.05) is 20.7 Å². The summed E-state index contributed by atoms with van der Waals surface area (Å²) in [5.74, 6) is 0.740. The van der Waals surface area contributed by atoms with Crippen molar-refractivity contribution in [3.05, 3.63) is 58.7 Å². The molecule has 1 N–H and O–H groups in total. The first-order chi connectivity index (χ1) is 14.0. The van der Waals surface area contributed by atoms with Crippen molar-refractivity contribution in [1.82, 2.24) is 9.62 Å². The van der Waals surface area contributed by atoms with Crippen LogP contribution in [-0.4, -0.2) is 39.3 Å². The van der Waals surface area contributed by atoms with Gasteiger partial charge in [0.2, 0.25) is 15.9 Å². The highest BCUT2D eigenvalue weighted by Gasteiger charge is 2.24. The number of hydrogen-bond acceptors (Lipinski definition) is 4. The molecule has 0 heterocycles. The quantitative estimate of drug-likeness (QED) is 0.686. The van der Waals surface area contributed by atoms with Gasteiger partial charge >= 0.3 is 0 Å². The molecule has 7 heteroatoms. The SMILES string of the molecule is COc1cc(C)c(C(C)NC(=O)CN(C)S(=O)(=O)c2ccc(C)cc2)cc1C(C)C. The fourth-order valence-corrected chi connectivity index (χ4v) is 4.48. The third kappa shape index (κ3) is 5.40. The van der Waals surface area contributed by atoms with Gasteiger partial charge in [-0.05, 0) is 67.6 Å². The van der Waals surface area contributed by atoms with E-state index < -0.39 is 10.0 Å². The number of likely N-dealkylation sites (N-methyl/N-ethyl adjacent to an activating group) is 1. The van der Waals surface area contributed by atoms with E-state index in [-0.39, 0.29) is 29.3 Å². The number of ether oxygens (including phenoxy) is 1. The zero-order valence-electron chi connectivity index (χ0n) is 18.8. The first kappa shape index (κ1) is 23.9. The largest absolute Gasteiger partial charge is 0.496 e. The van der Waals surface area contributed by atoms with Crippen LogP contribution in [0, 0.1) is 13.8 Å². The van der Waals surface area contributed by atoms with E-state index in [9.17, 15) is 13.2 Å². The van der Waals surface area contributed by atoms with Crippen LogP contribution in [0.5, 0.6) is 5.75 Å². The van der Waals surface area contributed by atoms with Gasteiger partial charge in [-0.1, -0.05) is 31.5 Å². The van der Waals surface area contributed by atoms with Crippen molar-refractivity contribution in [2.24, 2.45) is 0 Å². The van der Waals surface area contributed by atoms with Gasteiger partial charge in [-0.3, -0.25) is 4.79 Å². The Bertz CT molecular complexity index is 999. The van der Waals surface area contributed by atoms with Crippen LogP contribution in [0.1, 0.15) is 55.0 Å². The van der Waals surface area contributed by atoms with Gasteiger partial charge in [0.25, 0.3) is 0 Å². The van der Waals surface area contributed by atoms with Crippen LogP contribution in [0.4, 0.5) is 0 Å². The van der Waals surface area contributed by atoms with E-state index in [1.54, 1.807) is 31.4 Å². The minimum absolute atomic E-state index is 0.170. The van der Waals surface area contributed by atoms with E-state index in [0.29, 0.717) is 0 Å². The molecule has 0 aliphatic carbocycles. The summed E-state index contributed by atoms with van der Waals surface area (Å²) in [4.78, 5) is 12.8. The molecule has 0 aromatic heterocycles. The molecule has 1 atom stereocenters. The molecule has 0 radical (unpaired) electrons. The number of aryl methyl sites for hydroxylation is 2. The standard InChI is InChI=1S/C23H32N2O4S/c1-15(2)20-13-21(17(4)12-22(20)29-7)18(5)24-23(26)14-25(6)30(27,28)19-10-8-16(3)9-11-19/h8-13,15,18H,14H2,1-7H3,(H,24,26). The van der Waals surface area contributed by atoms with Crippen molar-refractivity contribution >= 4 is 15.9 Å². The molecular formula is C23H32N2O4S. The predicted octanol–water partition coefficient (Wildman–Crippen LogP) is 3.93. The summed E-state index contributed by atoms with van der Waals surface area (Å²) < 4.78 is 32.0. The Morgan fingerprint density at radius 1 is 1.07 bits per heavy atom. The Morgan fingerprint density at radius 2 is 1.67 bits per heavy atom. The van der Waals surface area contributed by atoms with Crippen molar-refractivity contribution in [2.45, 2.75) is 51.5 Å². The summed E-state index contributed by atoms with van der Waals surface area (Å²) in [6.07, 6.45) is 0. The maximum atomic E-state index is 12.7. The second-order valence-corrected chi connectivity index (χ2v) is 10.0. The molecule has 0 saturated heterocycles. The molecule has 0 fully saturated rings. The van der Waals surface area contributed by atoms with Gasteiger partial charge in [0, 0.05) is 7.05 Å². The molecule has 0 saturated carbocycles. The lowest BCUT2D eigenvalue weighted by Crippen LogP contribution is -2.39. The number of nitrogens with zero attached hydrogens (tertiary/aromatic N) is 1. The van der Waals surface area contributed by atoms with Gasteiger partial charge in [-0.25, -0.2) is 8.42 Å². The molecule has 0 spiro atoms. The topological polar surface area (TPSA) is 75.7 Å². The first-order valence-electron chi connectivity index (χ1n) is 9.98. The van der Waals surface area contributed by atoms with Crippen LogP contribution < -0.4 is 10.1 Å². The molecule has 0 bridgehead atoms. The molecule has 0 aliphatic rings. The van der Waals surface area contributed by atoms with Crippen molar-refractivity contribution < 1.29 is 17.9 Å². The molecule has 30 heavy (non-hydrogen) atoms. The number of methoxy groups -OCH3 is 1. The van der Waals surface area contributed by atoms with Gasteiger partial charge in [0.1, 0.15) is 5.75 Å². The number of carbonyl (C=O) groups excluding carboxylic acids is 1. The van der Waals surface area contributed by atoms with E-state index >= 15 is 0 Å². The minimum atomic E-state index is -3.73.